The number of ether oxygens (including phenoxy) is 1. The number of amides is 1. The van der Waals surface area contributed by atoms with Crippen molar-refractivity contribution in [3.05, 3.63) is 94.4 Å². The second-order valence-corrected chi connectivity index (χ2v) is 6.76. The van der Waals surface area contributed by atoms with E-state index in [4.69, 9.17) is 16.2 Å². The predicted octanol–water partition coefficient (Wildman–Crippen LogP) is 3.11. The van der Waals surface area contributed by atoms with Gasteiger partial charge in [0.1, 0.15) is 17.2 Å². The standard InChI is InChI=1S/C22H16F2N6O3/c23-12-3-6-14(7-4-12)30-9-1-2-15(21(30)32)20(31)27-13-5-8-17(16(24)10-13)33-19-11-18(25)28-22(26)29-19/h1-11H,(H,27,31)(H4,25,26,28,29). The molecule has 0 spiro atoms. The van der Waals surface area contributed by atoms with Crippen LogP contribution in [0.25, 0.3) is 5.69 Å². The topological polar surface area (TPSA) is 138 Å². The third-order valence-electron chi connectivity index (χ3n) is 4.44. The van der Waals surface area contributed by atoms with Crippen LogP contribution in [0.15, 0.2) is 71.7 Å². The molecule has 4 aromatic rings. The fraction of sp³-hybridized carbons (Fsp3) is 0. The molecule has 0 unspecified atom stereocenters. The highest BCUT2D eigenvalue weighted by atomic mass is 19.1. The summed E-state index contributed by atoms with van der Waals surface area (Å²) in [5, 5.41) is 2.46. The second kappa shape index (κ2) is 8.75. The maximum Gasteiger partial charge on any atom is 0.267 e. The molecule has 0 radical (unpaired) electrons. The summed E-state index contributed by atoms with van der Waals surface area (Å²) in [7, 11) is 0. The Labute approximate surface area is 185 Å². The number of benzene rings is 2. The number of nitrogen functional groups attached to an aromatic ring is 2. The Morgan fingerprint density at radius 2 is 1.76 bits per heavy atom. The first-order chi connectivity index (χ1) is 15.8. The van der Waals surface area contributed by atoms with Gasteiger partial charge in [0.2, 0.25) is 11.8 Å². The van der Waals surface area contributed by atoms with Crippen molar-refractivity contribution < 1.29 is 18.3 Å². The summed E-state index contributed by atoms with van der Waals surface area (Å²) in [6.45, 7) is 0. The van der Waals surface area contributed by atoms with Gasteiger partial charge in [-0.05, 0) is 48.5 Å². The lowest BCUT2D eigenvalue weighted by atomic mass is 10.2. The molecule has 0 aliphatic rings. The van der Waals surface area contributed by atoms with E-state index in [2.05, 4.69) is 15.3 Å². The van der Waals surface area contributed by atoms with E-state index in [9.17, 15) is 18.4 Å². The number of carbonyl (C=O) groups excluding carboxylic acids is 1. The van der Waals surface area contributed by atoms with Gasteiger partial charge in [0.25, 0.3) is 11.5 Å². The monoisotopic (exact) mass is 450 g/mol. The molecule has 0 aliphatic heterocycles. The number of nitrogens with one attached hydrogen (secondary N) is 1. The Morgan fingerprint density at radius 1 is 1.00 bits per heavy atom. The lowest BCUT2D eigenvalue weighted by Crippen LogP contribution is -2.27. The summed E-state index contributed by atoms with van der Waals surface area (Å²) in [6.07, 6.45) is 1.45. The van der Waals surface area contributed by atoms with Crippen molar-refractivity contribution in [3.8, 4) is 17.3 Å². The average molecular weight is 450 g/mol. The third kappa shape index (κ3) is 4.77. The molecule has 2 aromatic heterocycles. The van der Waals surface area contributed by atoms with E-state index in [1.54, 1.807) is 0 Å². The maximum absolute atomic E-state index is 14.5. The van der Waals surface area contributed by atoms with Gasteiger partial charge >= 0.3 is 0 Å². The van der Waals surface area contributed by atoms with E-state index in [1.807, 2.05) is 0 Å². The zero-order chi connectivity index (χ0) is 23.5. The zero-order valence-electron chi connectivity index (χ0n) is 16.8. The first-order valence-electron chi connectivity index (χ1n) is 9.46. The molecule has 2 aromatic carbocycles. The van der Waals surface area contributed by atoms with Gasteiger partial charge in [-0.2, -0.15) is 9.97 Å². The first-order valence-corrected chi connectivity index (χ1v) is 9.46. The van der Waals surface area contributed by atoms with Gasteiger partial charge in [-0.25, -0.2) is 8.78 Å². The number of halogens is 2. The third-order valence-corrected chi connectivity index (χ3v) is 4.44. The number of hydrogen-bond donors (Lipinski definition) is 3. The Kier molecular flexibility index (Phi) is 5.68. The van der Waals surface area contributed by atoms with Gasteiger partial charge in [0.15, 0.2) is 11.6 Å². The molecule has 1 amide bonds. The van der Waals surface area contributed by atoms with Gasteiger partial charge in [0, 0.05) is 29.7 Å². The van der Waals surface area contributed by atoms with Crippen LogP contribution in [0.2, 0.25) is 0 Å². The highest BCUT2D eigenvalue weighted by molar-refractivity contribution is 6.04. The highest BCUT2D eigenvalue weighted by Crippen LogP contribution is 2.26. The van der Waals surface area contributed by atoms with Crippen molar-refractivity contribution in [2.24, 2.45) is 0 Å². The number of carbonyl (C=O) groups is 1. The van der Waals surface area contributed by atoms with E-state index in [-0.39, 0.29) is 34.6 Å². The van der Waals surface area contributed by atoms with Gasteiger partial charge < -0.3 is 21.5 Å². The van der Waals surface area contributed by atoms with Crippen LogP contribution in [0.4, 0.5) is 26.2 Å². The Hall–Kier alpha value is -4.80. The molecule has 4 rings (SSSR count). The van der Waals surface area contributed by atoms with Crippen molar-refractivity contribution >= 4 is 23.4 Å². The highest BCUT2D eigenvalue weighted by Gasteiger charge is 2.15. The number of anilines is 3. The molecule has 9 nitrogen and oxygen atoms in total. The number of nitrogens with zero attached hydrogens (tertiary/aromatic N) is 3. The summed E-state index contributed by atoms with van der Waals surface area (Å²) in [5.74, 6) is -2.34. The number of hydrogen-bond acceptors (Lipinski definition) is 7. The Balaban J connectivity index is 1.54. The van der Waals surface area contributed by atoms with Crippen molar-refractivity contribution in [3.63, 3.8) is 0 Å². The molecular formula is C22H16F2N6O3. The summed E-state index contributed by atoms with van der Waals surface area (Å²) in [6, 6.07) is 13.0. The van der Waals surface area contributed by atoms with Crippen LogP contribution in [-0.4, -0.2) is 20.4 Å². The number of pyridine rings is 1. The van der Waals surface area contributed by atoms with Crippen molar-refractivity contribution in [2.75, 3.05) is 16.8 Å². The van der Waals surface area contributed by atoms with Gasteiger partial charge in [0.05, 0.1) is 0 Å². The zero-order valence-corrected chi connectivity index (χ0v) is 16.8. The van der Waals surface area contributed by atoms with Crippen molar-refractivity contribution in [1.29, 1.82) is 0 Å². The summed E-state index contributed by atoms with van der Waals surface area (Å²) >= 11 is 0. The van der Waals surface area contributed by atoms with Crippen LogP contribution in [-0.2, 0) is 0 Å². The van der Waals surface area contributed by atoms with E-state index >= 15 is 0 Å². The molecular weight excluding hydrogens is 434 g/mol. The van der Waals surface area contributed by atoms with Crippen LogP contribution in [0.3, 0.4) is 0 Å². The normalized spacial score (nSPS) is 10.6. The average Bonchev–Trinajstić information content (AvgIpc) is 2.76. The first kappa shape index (κ1) is 21.4. The van der Waals surface area contributed by atoms with Crippen molar-refractivity contribution in [1.82, 2.24) is 14.5 Å². The van der Waals surface area contributed by atoms with Crippen LogP contribution < -0.4 is 27.1 Å². The molecule has 0 bridgehead atoms. The number of rotatable bonds is 5. The maximum atomic E-state index is 14.5. The molecule has 2 heterocycles. The smallest absolute Gasteiger partial charge is 0.267 e. The lowest BCUT2D eigenvalue weighted by molar-refractivity contribution is 0.102. The van der Waals surface area contributed by atoms with Crippen molar-refractivity contribution in [2.45, 2.75) is 0 Å². The van der Waals surface area contributed by atoms with Crippen LogP contribution in [0, 0.1) is 11.6 Å². The number of nitrogens with two attached hydrogens (primary N) is 2. The molecule has 0 saturated carbocycles. The van der Waals surface area contributed by atoms with Gasteiger partial charge in [-0.15, -0.1) is 0 Å². The Morgan fingerprint density at radius 3 is 2.45 bits per heavy atom. The minimum absolute atomic E-state index is 0.0518. The molecule has 0 atom stereocenters. The largest absolute Gasteiger partial charge is 0.436 e. The van der Waals surface area contributed by atoms with E-state index in [1.165, 1.54) is 65.4 Å². The fourth-order valence-electron chi connectivity index (χ4n) is 2.96. The fourth-order valence-corrected chi connectivity index (χ4v) is 2.96. The van der Waals surface area contributed by atoms with Crippen LogP contribution >= 0.6 is 0 Å². The second-order valence-electron chi connectivity index (χ2n) is 6.76. The predicted molar refractivity (Wildman–Crippen MR) is 117 cm³/mol. The summed E-state index contributed by atoms with van der Waals surface area (Å²) < 4.78 is 34.2. The summed E-state index contributed by atoms with van der Waals surface area (Å²) in [5.41, 5.74) is 10.7. The summed E-state index contributed by atoms with van der Waals surface area (Å²) in [4.78, 5) is 32.9. The molecule has 0 fully saturated rings. The van der Waals surface area contributed by atoms with Crippen LogP contribution in [0.1, 0.15) is 10.4 Å². The minimum Gasteiger partial charge on any atom is -0.436 e. The number of aromatic nitrogens is 3. The SMILES string of the molecule is Nc1cc(Oc2ccc(NC(=O)c3cccn(-c4ccc(F)cc4)c3=O)cc2F)nc(N)n1. The minimum atomic E-state index is -0.805. The van der Waals surface area contributed by atoms with Crippen LogP contribution in [0.5, 0.6) is 11.6 Å². The van der Waals surface area contributed by atoms with E-state index < -0.39 is 23.1 Å². The molecule has 11 heteroatoms. The van der Waals surface area contributed by atoms with Gasteiger partial charge in [-0.3, -0.25) is 14.2 Å². The molecule has 33 heavy (non-hydrogen) atoms. The van der Waals surface area contributed by atoms with Gasteiger partial charge in [-0.1, -0.05) is 0 Å². The molecule has 0 saturated heterocycles. The lowest BCUT2D eigenvalue weighted by Gasteiger charge is -2.10. The molecule has 5 N–H and O–H groups in total. The van der Waals surface area contributed by atoms with E-state index in [0.29, 0.717) is 5.69 Å². The quantitative estimate of drug-likeness (QED) is 0.425. The molecule has 166 valence electrons. The molecule has 0 aliphatic carbocycles. The Bertz CT molecular complexity index is 1390. The van der Waals surface area contributed by atoms with E-state index in [0.717, 1.165) is 6.07 Å².